The molecule has 0 atom stereocenters. The van der Waals surface area contributed by atoms with Crippen LogP contribution >= 0.6 is 0 Å². The zero-order valence-electron chi connectivity index (χ0n) is 9.19. The molecule has 1 aromatic carbocycles. The predicted octanol–water partition coefficient (Wildman–Crippen LogP) is -1.81. The summed E-state index contributed by atoms with van der Waals surface area (Å²) in [6.45, 7) is 1.80. The van der Waals surface area contributed by atoms with Crippen molar-refractivity contribution in [2.75, 3.05) is 5.73 Å². The molecule has 1 rings (SSSR count). The van der Waals surface area contributed by atoms with Crippen molar-refractivity contribution in [3.63, 3.8) is 0 Å². The summed E-state index contributed by atoms with van der Waals surface area (Å²) in [5.41, 5.74) is 6.49. The van der Waals surface area contributed by atoms with Crippen molar-refractivity contribution in [1.29, 1.82) is 0 Å². The third-order valence-corrected chi connectivity index (χ3v) is 2.70. The van der Waals surface area contributed by atoms with E-state index in [1.807, 2.05) is 0 Å². The first-order valence-electron chi connectivity index (χ1n) is 3.81. The van der Waals surface area contributed by atoms with Gasteiger partial charge in [-0.2, -0.15) is 8.42 Å². The van der Waals surface area contributed by atoms with Crippen molar-refractivity contribution in [3.8, 4) is 0 Å². The van der Waals surface area contributed by atoms with Crippen LogP contribution in [0, 0.1) is 0 Å². The quantitative estimate of drug-likeness (QED) is 0.353. The van der Waals surface area contributed by atoms with Gasteiger partial charge in [0.25, 0.3) is 10.1 Å². The largest absolute Gasteiger partial charge is 1.00 e. The molecule has 1 aromatic rings. The molecule has 14 heavy (non-hydrogen) atoms. The molecule has 0 aliphatic rings. The van der Waals surface area contributed by atoms with Gasteiger partial charge in [-0.15, -0.1) is 0 Å². The molecule has 0 saturated heterocycles. The second-order valence-electron chi connectivity index (χ2n) is 2.70. The Bertz CT molecular complexity index is 422. The van der Waals surface area contributed by atoms with Crippen LogP contribution in [0.25, 0.3) is 0 Å². The van der Waals surface area contributed by atoms with E-state index in [4.69, 9.17) is 10.3 Å². The van der Waals surface area contributed by atoms with Crippen molar-refractivity contribution >= 4 is 15.8 Å². The molecule has 0 fully saturated rings. The summed E-state index contributed by atoms with van der Waals surface area (Å²) in [5, 5.41) is 0. The fourth-order valence-electron chi connectivity index (χ4n) is 1.13. The van der Waals surface area contributed by atoms with Gasteiger partial charge in [0, 0.05) is 5.69 Å². The molecule has 6 heteroatoms. The minimum absolute atomic E-state index is 0. The number of benzene rings is 1. The fourth-order valence-corrected chi connectivity index (χ4v) is 1.90. The number of aryl methyl sites for hydroxylation is 1. The molecule has 0 unspecified atom stereocenters. The average Bonchev–Trinajstić information content (AvgIpc) is 2.01. The van der Waals surface area contributed by atoms with E-state index >= 15 is 0 Å². The normalized spacial score (nSPS) is 10.7. The van der Waals surface area contributed by atoms with Crippen molar-refractivity contribution in [2.24, 2.45) is 0 Å². The Balaban J connectivity index is 0. The third kappa shape index (κ3) is 3.25. The maximum atomic E-state index is 10.8. The zero-order chi connectivity index (χ0) is 10.1. The zero-order valence-corrected chi connectivity index (χ0v) is 11.0. The minimum Gasteiger partial charge on any atom is -1.00 e. The molecule has 4 nitrogen and oxygen atoms in total. The van der Waals surface area contributed by atoms with E-state index in [0.29, 0.717) is 17.7 Å². The van der Waals surface area contributed by atoms with E-state index < -0.39 is 10.1 Å². The number of anilines is 1. The van der Waals surface area contributed by atoms with Crippen LogP contribution in [0.5, 0.6) is 0 Å². The Hall–Kier alpha value is -0.0700. The van der Waals surface area contributed by atoms with Gasteiger partial charge < -0.3 is 7.16 Å². The first-order valence-corrected chi connectivity index (χ1v) is 5.25. The Morgan fingerprint density at radius 3 is 2.50 bits per heavy atom. The summed E-state index contributed by atoms with van der Waals surface area (Å²) in [4.78, 5) is -0.0656. The average molecular weight is 225 g/mol. The molecule has 0 amide bonds. The summed E-state index contributed by atoms with van der Waals surface area (Å²) in [5.74, 6) is 0. The van der Waals surface area contributed by atoms with E-state index in [1.165, 1.54) is 12.1 Å². The van der Waals surface area contributed by atoms with Crippen LogP contribution in [0.4, 0.5) is 5.69 Å². The smallest absolute Gasteiger partial charge is 1.00 e. The van der Waals surface area contributed by atoms with Gasteiger partial charge in [-0.25, -0.2) is 0 Å². The second kappa shape index (κ2) is 5.14. The summed E-state index contributed by atoms with van der Waals surface area (Å²) < 4.78 is 30.5. The van der Waals surface area contributed by atoms with Crippen molar-refractivity contribution in [3.05, 3.63) is 23.8 Å². The topological polar surface area (TPSA) is 80.4 Å². The maximum absolute atomic E-state index is 10.8. The van der Waals surface area contributed by atoms with Gasteiger partial charge in [-0.3, -0.25) is 4.55 Å². The van der Waals surface area contributed by atoms with Gasteiger partial charge in [0.1, 0.15) is 0 Å². The van der Waals surface area contributed by atoms with Gasteiger partial charge in [-0.1, -0.05) is 6.92 Å². The Morgan fingerprint density at radius 2 is 2.07 bits per heavy atom. The molecule has 0 saturated carbocycles. The molecule has 0 aliphatic heterocycles. The third-order valence-electron chi connectivity index (χ3n) is 1.74. The van der Waals surface area contributed by atoms with E-state index in [2.05, 4.69) is 0 Å². The van der Waals surface area contributed by atoms with Gasteiger partial charge in [0.05, 0.1) is 4.90 Å². The molecule has 0 spiro atoms. The van der Waals surface area contributed by atoms with E-state index in [-0.39, 0.29) is 35.9 Å². The minimum atomic E-state index is -4.12. The molecular formula is C8H12NNaO3S. The Morgan fingerprint density at radius 1 is 1.50 bits per heavy atom. The van der Waals surface area contributed by atoms with Crippen LogP contribution in [0.1, 0.15) is 13.9 Å². The number of hydrogen-bond acceptors (Lipinski definition) is 3. The van der Waals surface area contributed by atoms with Crippen LogP contribution in [0.2, 0.25) is 0 Å². The standard InChI is InChI=1S/C8H11NO3S.Na.H/c1-2-6-5-7(9)3-4-8(6)13(10,11)12;;/h3-5H,2,9H2,1H3,(H,10,11,12);;/q;+1;-1. The molecule has 74 valence electrons. The van der Waals surface area contributed by atoms with Gasteiger partial charge in [0.15, 0.2) is 0 Å². The second-order valence-corrected chi connectivity index (χ2v) is 4.09. The van der Waals surface area contributed by atoms with E-state index in [0.717, 1.165) is 0 Å². The molecule has 0 aromatic heterocycles. The molecular weight excluding hydrogens is 213 g/mol. The monoisotopic (exact) mass is 225 g/mol. The maximum Gasteiger partial charge on any atom is 1.00 e. The number of rotatable bonds is 2. The van der Waals surface area contributed by atoms with Crippen LogP contribution in [0.3, 0.4) is 0 Å². The van der Waals surface area contributed by atoms with Crippen LogP contribution in [-0.4, -0.2) is 13.0 Å². The Labute approximate surface area is 107 Å². The summed E-state index contributed by atoms with van der Waals surface area (Å²) in [6, 6.07) is 4.30. The summed E-state index contributed by atoms with van der Waals surface area (Å²) in [6.07, 6.45) is 0.514. The van der Waals surface area contributed by atoms with E-state index in [1.54, 1.807) is 13.0 Å². The van der Waals surface area contributed by atoms with Gasteiger partial charge in [-0.05, 0) is 30.2 Å². The summed E-state index contributed by atoms with van der Waals surface area (Å²) >= 11 is 0. The van der Waals surface area contributed by atoms with E-state index in [9.17, 15) is 8.42 Å². The number of nitrogens with two attached hydrogens (primary N) is 1. The SMILES string of the molecule is CCc1cc(N)ccc1S(=O)(=O)O.[H-].[Na+]. The van der Waals surface area contributed by atoms with Crippen LogP contribution in [0.15, 0.2) is 23.1 Å². The molecule has 0 aliphatic carbocycles. The predicted molar refractivity (Wildman–Crippen MR) is 51.2 cm³/mol. The van der Waals surface area contributed by atoms with Crippen LogP contribution in [-0.2, 0) is 16.5 Å². The van der Waals surface area contributed by atoms with Crippen molar-refractivity contribution in [1.82, 2.24) is 0 Å². The van der Waals surface area contributed by atoms with Crippen molar-refractivity contribution in [2.45, 2.75) is 18.2 Å². The fraction of sp³-hybridized carbons (Fsp3) is 0.250. The Kier molecular flexibility index (Phi) is 5.11. The first-order chi connectivity index (χ1) is 5.95. The summed E-state index contributed by atoms with van der Waals surface area (Å²) in [7, 11) is -4.12. The van der Waals surface area contributed by atoms with Crippen LogP contribution < -0.4 is 35.3 Å². The number of hydrogen-bond donors (Lipinski definition) is 2. The van der Waals surface area contributed by atoms with Gasteiger partial charge in [0.2, 0.25) is 0 Å². The molecule has 0 bridgehead atoms. The van der Waals surface area contributed by atoms with Crippen molar-refractivity contribution < 1.29 is 44.0 Å². The first kappa shape index (κ1) is 13.9. The number of nitrogen functional groups attached to an aromatic ring is 1. The van der Waals surface area contributed by atoms with Gasteiger partial charge >= 0.3 is 29.6 Å². The molecule has 0 heterocycles. The molecule has 0 radical (unpaired) electrons. The molecule has 3 N–H and O–H groups in total.